The summed E-state index contributed by atoms with van der Waals surface area (Å²) in [6.45, 7) is 6.72. The standard InChI is InChI=1S/C19H25N3O5S/c1-9-8-10(6-7-11(9)23)19(4,20-5)17(27)21-12-14(24)22-13(16(25)26)18(2,3)28-15(12)22/h6-8,12-13,15,20,23H,1-5H3,(H,21,27)(H,25,26)/t12-,13+,15-,19-/m1/s1/i8D. The van der Waals surface area contributed by atoms with E-state index >= 15 is 0 Å². The fourth-order valence-corrected chi connectivity index (χ4v) is 5.31. The molecule has 9 heteroatoms. The lowest BCUT2D eigenvalue weighted by Gasteiger charge is -2.44. The van der Waals surface area contributed by atoms with Crippen molar-refractivity contribution in [3.63, 3.8) is 0 Å². The molecule has 2 amide bonds. The van der Waals surface area contributed by atoms with Crippen LogP contribution in [0.5, 0.6) is 5.75 Å². The van der Waals surface area contributed by atoms with Gasteiger partial charge in [0.25, 0.3) is 0 Å². The molecule has 2 aliphatic rings. The van der Waals surface area contributed by atoms with E-state index in [-0.39, 0.29) is 11.8 Å². The topological polar surface area (TPSA) is 119 Å². The van der Waals surface area contributed by atoms with E-state index in [4.69, 9.17) is 1.37 Å². The number of phenolic OH excluding ortho intramolecular Hbond substituents is 1. The maximum atomic E-state index is 13.1. The number of amides is 2. The first kappa shape index (κ1) is 19.1. The molecule has 0 aliphatic carbocycles. The van der Waals surface area contributed by atoms with Gasteiger partial charge in [0.15, 0.2) is 0 Å². The molecular formula is C19H25N3O5S. The van der Waals surface area contributed by atoms with Gasteiger partial charge in [-0.3, -0.25) is 9.59 Å². The largest absolute Gasteiger partial charge is 0.508 e. The van der Waals surface area contributed by atoms with Crippen LogP contribution in [0.3, 0.4) is 0 Å². The summed E-state index contributed by atoms with van der Waals surface area (Å²) in [5.41, 5.74) is -0.611. The Bertz CT molecular complexity index is 908. The molecular weight excluding hydrogens is 382 g/mol. The molecule has 2 saturated heterocycles. The zero-order chi connectivity index (χ0) is 21.9. The summed E-state index contributed by atoms with van der Waals surface area (Å²) < 4.78 is 7.61. The van der Waals surface area contributed by atoms with E-state index in [1.807, 2.05) is 0 Å². The first-order valence-corrected chi connectivity index (χ1v) is 9.77. The van der Waals surface area contributed by atoms with Crippen LogP contribution in [-0.4, -0.2) is 62.1 Å². The number of carboxylic acid groups (broad SMARTS) is 1. The molecule has 3 rings (SSSR count). The molecule has 4 atom stereocenters. The molecule has 0 radical (unpaired) electrons. The van der Waals surface area contributed by atoms with Crippen LogP contribution in [0, 0.1) is 6.92 Å². The minimum Gasteiger partial charge on any atom is -0.508 e. The van der Waals surface area contributed by atoms with Crippen LogP contribution in [0.1, 0.15) is 33.3 Å². The van der Waals surface area contributed by atoms with Gasteiger partial charge < -0.3 is 25.7 Å². The van der Waals surface area contributed by atoms with Crippen molar-refractivity contribution in [2.24, 2.45) is 0 Å². The minimum atomic E-state index is -1.32. The molecule has 0 bridgehead atoms. The lowest BCUT2D eigenvalue weighted by molar-refractivity contribution is -0.161. The summed E-state index contributed by atoms with van der Waals surface area (Å²) in [5.74, 6) is -2.04. The summed E-state index contributed by atoms with van der Waals surface area (Å²) in [6.07, 6.45) is 0. The summed E-state index contributed by atoms with van der Waals surface area (Å²) in [5, 5.41) is 24.5. The van der Waals surface area contributed by atoms with E-state index in [0.717, 1.165) is 0 Å². The molecule has 8 nitrogen and oxygen atoms in total. The Morgan fingerprint density at radius 3 is 2.61 bits per heavy atom. The van der Waals surface area contributed by atoms with Crippen LogP contribution in [0.4, 0.5) is 0 Å². The Morgan fingerprint density at radius 2 is 2.04 bits per heavy atom. The van der Waals surface area contributed by atoms with Crippen molar-refractivity contribution in [1.82, 2.24) is 15.5 Å². The Labute approximate surface area is 169 Å². The molecule has 2 aliphatic heterocycles. The number of fused-ring (bicyclic) bond motifs is 1. The highest BCUT2D eigenvalue weighted by molar-refractivity contribution is 8.01. The number of carbonyl (C=O) groups is 3. The highest BCUT2D eigenvalue weighted by Crippen LogP contribution is 2.50. The fraction of sp³-hybridized carbons (Fsp3) is 0.526. The molecule has 0 unspecified atom stereocenters. The Kier molecular flexibility index (Phi) is 4.54. The monoisotopic (exact) mass is 408 g/mol. The number of rotatable bonds is 5. The lowest BCUT2D eigenvalue weighted by atomic mass is 9.88. The van der Waals surface area contributed by atoms with Crippen molar-refractivity contribution >= 4 is 29.5 Å². The maximum absolute atomic E-state index is 13.1. The van der Waals surface area contributed by atoms with Gasteiger partial charge in [-0.2, -0.15) is 0 Å². The number of β-lactam (4-membered cyclic amide) rings is 1. The third-order valence-corrected chi connectivity index (χ3v) is 7.14. The number of hydrogen-bond donors (Lipinski definition) is 4. The quantitative estimate of drug-likeness (QED) is 0.531. The van der Waals surface area contributed by atoms with Gasteiger partial charge in [-0.05, 0) is 51.9 Å². The number of benzene rings is 1. The first-order valence-electron chi connectivity index (χ1n) is 9.39. The van der Waals surface area contributed by atoms with Crippen LogP contribution < -0.4 is 10.6 Å². The number of thioether (sulfide) groups is 1. The first-order chi connectivity index (χ1) is 13.4. The SMILES string of the molecule is [2H]c1c([C@@](C)(NC)C(=O)N[C@@H]2C(=O)N3[C@@H]2SC(C)(C)[C@@H]3C(=O)O)ccc(O)c1C. The third-order valence-electron chi connectivity index (χ3n) is 5.57. The van der Waals surface area contributed by atoms with Gasteiger partial charge in [0, 0.05) is 4.75 Å². The second-order valence-corrected chi connectivity index (χ2v) is 9.58. The van der Waals surface area contributed by atoms with Gasteiger partial charge in [-0.15, -0.1) is 11.8 Å². The van der Waals surface area contributed by atoms with E-state index in [0.29, 0.717) is 11.1 Å². The number of nitrogens with zero attached hydrogens (tertiary/aromatic N) is 1. The number of aliphatic carboxylic acids is 1. The number of phenols is 1. The Hall–Kier alpha value is -2.26. The molecule has 0 saturated carbocycles. The average Bonchev–Trinajstić information content (AvgIpc) is 2.91. The number of carboxylic acids is 1. The molecule has 0 spiro atoms. The van der Waals surface area contributed by atoms with Gasteiger partial charge in [0.05, 0.1) is 1.37 Å². The van der Waals surface area contributed by atoms with E-state index in [9.17, 15) is 24.6 Å². The fourth-order valence-electron chi connectivity index (χ4n) is 3.69. The third kappa shape index (κ3) is 2.93. The Balaban J connectivity index is 1.86. The number of hydrogen-bond acceptors (Lipinski definition) is 6. The molecule has 152 valence electrons. The zero-order valence-corrected chi connectivity index (χ0v) is 17.2. The second-order valence-electron chi connectivity index (χ2n) is 7.81. The molecule has 2 heterocycles. The number of aromatic hydroxyl groups is 1. The zero-order valence-electron chi connectivity index (χ0n) is 17.4. The highest BCUT2D eigenvalue weighted by atomic mass is 32.2. The van der Waals surface area contributed by atoms with Crippen LogP contribution in [0.15, 0.2) is 18.2 Å². The van der Waals surface area contributed by atoms with Gasteiger partial charge >= 0.3 is 5.97 Å². The molecule has 4 N–H and O–H groups in total. The minimum absolute atomic E-state index is 0.0286. The summed E-state index contributed by atoms with van der Waals surface area (Å²) >= 11 is 1.35. The normalized spacial score (nSPS) is 28.0. The smallest absolute Gasteiger partial charge is 0.327 e. The van der Waals surface area contributed by atoms with Gasteiger partial charge in [-0.1, -0.05) is 12.1 Å². The van der Waals surface area contributed by atoms with Crippen LogP contribution in [0.25, 0.3) is 0 Å². The molecule has 2 fully saturated rings. The van der Waals surface area contributed by atoms with E-state index < -0.39 is 45.5 Å². The van der Waals surface area contributed by atoms with Gasteiger partial charge in [0.1, 0.15) is 28.7 Å². The van der Waals surface area contributed by atoms with E-state index in [1.165, 1.54) is 28.8 Å². The highest BCUT2D eigenvalue weighted by Gasteiger charge is 2.64. The van der Waals surface area contributed by atoms with Crippen LogP contribution in [0.2, 0.25) is 0 Å². The molecule has 0 aromatic heterocycles. The van der Waals surface area contributed by atoms with Gasteiger partial charge in [0.2, 0.25) is 11.8 Å². The Morgan fingerprint density at radius 1 is 1.39 bits per heavy atom. The average molecular weight is 408 g/mol. The molecule has 1 aromatic rings. The van der Waals surface area contributed by atoms with Crippen molar-refractivity contribution in [3.8, 4) is 5.75 Å². The van der Waals surface area contributed by atoms with Crippen molar-refractivity contribution in [2.75, 3.05) is 7.05 Å². The number of carbonyl (C=O) groups excluding carboxylic acids is 2. The molecule has 1 aromatic carbocycles. The van der Waals surface area contributed by atoms with Crippen molar-refractivity contribution in [2.45, 2.75) is 55.4 Å². The summed E-state index contributed by atoms with van der Waals surface area (Å²) in [7, 11) is 1.57. The molecule has 28 heavy (non-hydrogen) atoms. The van der Waals surface area contributed by atoms with E-state index in [1.54, 1.807) is 34.7 Å². The van der Waals surface area contributed by atoms with E-state index in [2.05, 4.69) is 10.6 Å². The predicted molar refractivity (Wildman–Crippen MR) is 105 cm³/mol. The van der Waals surface area contributed by atoms with Crippen LogP contribution >= 0.6 is 11.8 Å². The number of nitrogens with one attached hydrogen (secondary N) is 2. The van der Waals surface area contributed by atoms with Crippen molar-refractivity contribution < 1.29 is 26.0 Å². The van der Waals surface area contributed by atoms with Crippen LogP contribution in [-0.2, 0) is 19.9 Å². The number of likely N-dealkylation sites (N-methyl/N-ethyl adjacent to an activating group) is 1. The van der Waals surface area contributed by atoms with Crippen molar-refractivity contribution in [1.29, 1.82) is 0 Å². The lowest BCUT2D eigenvalue weighted by Crippen LogP contribution is -2.72. The maximum Gasteiger partial charge on any atom is 0.327 e. The summed E-state index contributed by atoms with van der Waals surface area (Å²) in [6, 6.07) is 1.17. The van der Waals surface area contributed by atoms with Gasteiger partial charge in [-0.25, -0.2) is 4.79 Å². The second kappa shape index (κ2) is 6.66. The predicted octanol–water partition coefficient (Wildman–Crippen LogP) is 0.767. The van der Waals surface area contributed by atoms with Crippen molar-refractivity contribution in [3.05, 3.63) is 29.3 Å². The summed E-state index contributed by atoms with van der Waals surface area (Å²) in [4.78, 5) is 38.7.